The molecule has 3 unspecified atom stereocenters. The number of carbonyl (C=O) groups is 1. The van der Waals surface area contributed by atoms with Crippen LogP contribution in [0.2, 0.25) is 0 Å². The van der Waals surface area contributed by atoms with Crippen LogP contribution < -0.4 is 10.1 Å². The van der Waals surface area contributed by atoms with Gasteiger partial charge in [-0.15, -0.1) is 0 Å². The fourth-order valence-electron chi connectivity index (χ4n) is 5.20. The van der Waals surface area contributed by atoms with Gasteiger partial charge in [-0.3, -0.25) is 4.79 Å². The number of amides is 1. The topological polar surface area (TPSA) is 47.6 Å². The number of nitrogens with one attached hydrogen (secondary N) is 1. The second-order valence-corrected chi connectivity index (χ2v) is 7.84. The molecule has 1 heterocycles. The monoisotopic (exact) mass is 343 g/mol. The first kappa shape index (κ1) is 16.9. The number of methoxy groups -OCH3 is 1. The van der Waals surface area contributed by atoms with Crippen LogP contribution in [0, 0.1) is 11.8 Å². The van der Waals surface area contributed by atoms with Gasteiger partial charge in [-0.2, -0.15) is 0 Å². The molecule has 0 aromatic heterocycles. The Balaban J connectivity index is 1.45. The lowest BCUT2D eigenvalue weighted by Crippen LogP contribution is -2.59. The van der Waals surface area contributed by atoms with E-state index in [-0.39, 0.29) is 18.1 Å². The highest BCUT2D eigenvalue weighted by molar-refractivity contribution is 5.77. The number of benzene rings is 1. The number of ether oxygens (including phenoxy) is 2. The normalized spacial score (nSPS) is 34.0. The third kappa shape index (κ3) is 3.41. The first-order chi connectivity index (χ1) is 12.3. The third-order valence-corrected chi connectivity index (χ3v) is 6.45. The van der Waals surface area contributed by atoms with Gasteiger partial charge in [0.2, 0.25) is 5.91 Å². The lowest BCUT2D eigenvalue weighted by atomic mass is 9.53. The molecule has 1 saturated heterocycles. The molecular weight excluding hydrogens is 314 g/mol. The summed E-state index contributed by atoms with van der Waals surface area (Å²) in [5, 5.41) is 3.37. The average Bonchev–Trinajstić information content (AvgIpc) is 3.14. The molecule has 0 spiro atoms. The fraction of sp³-hybridized carbons (Fsp3) is 0.667. The molecule has 4 nitrogen and oxygen atoms in total. The van der Waals surface area contributed by atoms with Crippen LogP contribution in [0.3, 0.4) is 0 Å². The first-order valence-electron chi connectivity index (χ1n) is 9.81. The van der Waals surface area contributed by atoms with Crippen LogP contribution in [-0.2, 0) is 9.53 Å². The molecule has 136 valence electrons. The second kappa shape index (κ2) is 7.36. The molecule has 3 fully saturated rings. The van der Waals surface area contributed by atoms with Gasteiger partial charge in [-0.25, -0.2) is 0 Å². The van der Waals surface area contributed by atoms with E-state index in [4.69, 9.17) is 9.47 Å². The molecule has 1 aromatic carbocycles. The Morgan fingerprint density at radius 2 is 1.88 bits per heavy atom. The van der Waals surface area contributed by atoms with Gasteiger partial charge in [-0.05, 0) is 55.2 Å². The van der Waals surface area contributed by atoms with Crippen molar-refractivity contribution in [1.29, 1.82) is 0 Å². The maximum absolute atomic E-state index is 12.5. The number of hydrogen-bond acceptors (Lipinski definition) is 3. The van der Waals surface area contributed by atoms with Crippen molar-refractivity contribution in [2.45, 2.75) is 63.0 Å². The van der Waals surface area contributed by atoms with Crippen LogP contribution in [0.4, 0.5) is 0 Å². The summed E-state index contributed by atoms with van der Waals surface area (Å²) in [6.45, 7) is 0.806. The summed E-state index contributed by atoms with van der Waals surface area (Å²) >= 11 is 0. The van der Waals surface area contributed by atoms with Gasteiger partial charge in [-0.1, -0.05) is 25.0 Å². The van der Waals surface area contributed by atoms with E-state index in [0.717, 1.165) is 31.1 Å². The minimum atomic E-state index is 0.127. The van der Waals surface area contributed by atoms with Gasteiger partial charge in [0.15, 0.2) is 0 Å². The van der Waals surface area contributed by atoms with Crippen molar-refractivity contribution < 1.29 is 14.3 Å². The van der Waals surface area contributed by atoms with E-state index in [1.54, 1.807) is 7.11 Å². The van der Waals surface area contributed by atoms with Crippen molar-refractivity contribution >= 4 is 5.91 Å². The summed E-state index contributed by atoms with van der Waals surface area (Å²) in [4.78, 5) is 12.5. The molecule has 2 saturated carbocycles. The summed E-state index contributed by atoms with van der Waals surface area (Å²) in [6.07, 6.45) is 7.91. The van der Waals surface area contributed by atoms with E-state index >= 15 is 0 Å². The molecule has 3 aliphatic rings. The predicted molar refractivity (Wildman–Crippen MR) is 96.7 cm³/mol. The highest BCUT2D eigenvalue weighted by Crippen LogP contribution is 2.54. The van der Waals surface area contributed by atoms with Gasteiger partial charge >= 0.3 is 0 Å². The lowest BCUT2D eigenvalue weighted by molar-refractivity contribution is -0.127. The zero-order valence-corrected chi connectivity index (χ0v) is 15.1. The highest BCUT2D eigenvalue weighted by atomic mass is 16.5. The smallest absolute Gasteiger partial charge is 0.222 e. The largest absolute Gasteiger partial charge is 0.497 e. The van der Waals surface area contributed by atoms with E-state index in [9.17, 15) is 4.79 Å². The Bertz CT molecular complexity index is 594. The molecule has 1 amide bonds. The molecule has 2 aliphatic carbocycles. The van der Waals surface area contributed by atoms with Crippen LogP contribution in [0.1, 0.15) is 56.4 Å². The average molecular weight is 343 g/mol. The predicted octanol–water partition coefficient (Wildman–Crippen LogP) is 3.65. The Hall–Kier alpha value is -1.55. The highest BCUT2D eigenvalue weighted by Gasteiger charge is 2.51. The van der Waals surface area contributed by atoms with Crippen LogP contribution in [0.5, 0.6) is 5.75 Å². The molecule has 1 aromatic rings. The van der Waals surface area contributed by atoms with Crippen LogP contribution in [0.25, 0.3) is 0 Å². The van der Waals surface area contributed by atoms with E-state index in [2.05, 4.69) is 17.4 Å². The number of rotatable bonds is 5. The second-order valence-electron chi connectivity index (χ2n) is 7.84. The van der Waals surface area contributed by atoms with Gasteiger partial charge < -0.3 is 14.8 Å². The first-order valence-corrected chi connectivity index (χ1v) is 9.81. The number of hydrogen-bond donors (Lipinski definition) is 1. The molecule has 5 atom stereocenters. The zero-order chi connectivity index (χ0) is 17.2. The molecule has 0 bridgehead atoms. The minimum absolute atomic E-state index is 0.127. The van der Waals surface area contributed by atoms with Crippen molar-refractivity contribution in [3.05, 3.63) is 29.8 Å². The zero-order valence-electron chi connectivity index (χ0n) is 15.1. The minimum Gasteiger partial charge on any atom is -0.497 e. The van der Waals surface area contributed by atoms with Crippen LogP contribution >= 0.6 is 0 Å². The quantitative estimate of drug-likeness (QED) is 0.888. The summed E-state index contributed by atoms with van der Waals surface area (Å²) in [7, 11) is 1.70. The fourth-order valence-corrected chi connectivity index (χ4v) is 5.20. The van der Waals surface area contributed by atoms with Crippen molar-refractivity contribution in [2.24, 2.45) is 11.8 Å². The van der Waals surface area contributed by atoms with Crippen molar-refractivity contribution in [1.82, 2.24) is 5.32 Å². The van der Waals surface area contributed by atoms with E-state index in [1.807, 2.05) is 12.1 Å². The van der Waals surface area contributed by atoms with Crippen molar-refractivity contribution in [2.75, 3.05) is 13.7 Å². The molecule has 0 radical (unpaired) electrons. The third-order valence-electron chi connectivity index (χ3n) is 6.45. The van der Waals surface area contributed by atoms with Gasteiger partial charge in [0.1, 0.15) is 5.75 Å². The van der Waals surface area contributed by atoms with Crippen LogP contribution in [0.15, 0.2) is 24.3 Å². The Morgan fingerprint density at radius 3 is 2.56 bits per heavy atom. The Morgan fingerprint density at radius 1 is 1.12 bits per heavy atom. The van der Waals surface area contributed by atoms with Crippen molar-refractivity contribution in [3.8, 4) is 5.75 Å². The van der Waals surface area contributed by atoms with Gasteiger partial charge in [0, 0.05) is 18.6 Å². The van der Waals surface area contributed by atoms with E-state index in [0.29, 0.717) is 18.3 Å². The standard InChI is InChI=1S/C21H29NO3/c1-24-15-10-8-14(9-11-15)20-17-6-2-3-7-18(17)21(20)22-19(23)13-16-5-4-12-25-16/h8-11,16-18,20-21H,2-7,12-13H2,1H3,(H,22,23)/t16?,17?,18?,20-,21-/m0/s1. The Labute approximate surface area is 150 Å². The van der Waals surface area contributed by atoms with E-state index in [1.165, 1.54) is 31.2 Å². The number of fused-ring (bicyclic) bond motifs is 1. The SMILES string of the molecule is COc1ccc([C@H]2C3CCCCC3[C@@H]2NC(=O)CC2CCCO2)cc1. The van der Waals surface area contributed by atoms with E-state index < -0.39 is 0 Å². The molecule has 4 rings (SSSR count). The lowest BCUT2D eigenvalue weighted by Gasteiger charge is -2.55. The molecule has 1 N–H and O–H groups in total. The van der Waals surface area contributed by atoms with Crippen molar-refractivity contribution in [3.63, 3.8) is 0 Å². The maximum atomic E-state index is 12.5. The summed E-state index contributed by atoms with van der Waals surface area (Å²) in [5.74, 6) is 2.87. The maximum Gasteiger partial charge on any atom is 0.222 e. The number of carbonyl (C=O) groups excluding carboxylic acids is 1. The summed E-state index contributed by atoms with van der Waals surface area (Å²) in [6, 6.07) is 8.71. The summed E-state index contributed by atoms with van der Waals surface area (Å²) < 4.78 is 10.9. The molecule has 25 heavy (non-hydrogen) atoms. The Kier molecular flexibility index (Phi) is 4.98. The molecule has 1 aliphatic heterocycles. The molecule has 4 heteroatoms. The molecular formula is C21H29NO3. The van der Waals surface area contributed by atoms with Gasteiger partial charge in [0.05, 0.1) is 19.6 Å². The summed E-state index contributed by atoms with van der Waals surface area (Å²) in [5.41, 5.74) is 1.34. The van der Waals surface area contributed by atoms with Gasteiger partial charge in [0.25, 0.3) is 0 Å². The van der Waals surface area contributed by atoms with Crippen LogP contribution in [-0.4, -0.2) is 31.8 Å².